The minimum atomic E-state index is 0.0243. The van der Waals surface area contributed by atoms with E-state index < -0.39 is 0 Å². The summed E-state index contributed by atoms with van der Waals surface area (Å²) in [5.41, 5.74) is 2.89. The maximum atomic E-state index is 13.3. The fraction of sp³-hybridized carbons (Fsp3) is 0.280. The van der Waals surface area contributed by atoms with E-state index in [1.165, 1.54) is 10.5 Å². The average molecular weight is 453 g/mol. The highest BCUT2D eigenvalue weighted by Gasteiger charge is 2.23. The van der Waals surface area contributed by atoms with E-state index in [9.17, 15) is 4.79 Å². The Morgan fingerprint density at radius 2 is 1.90 bits per heavy atom. The fourth-order valence-electron chi connectivity index (χ4n) is 3.59. The highest BCUT2D eigenvalue weighted by molar-refractivity contribution is 7.98. The molecule has 2 heterocycles. The van der Waals surface area contributed by atoms with Crippen LogP contribution in [-0.4, -0.2) is 35.0 Å². The van der Waals surface area contributed by atoms with Crippen LogP contribution in [0.4, 0.5) is 0 Å². The van der Waals surface area contributed by atoms with Crippen LogP contribution in [0.5, 0.6) is 0 Å². The predicted molar refractivity (Wildman–Crippen MR) is 125 cm³/mol. The molecular formula is C25H25ClN2O2S. The number of nitrogens with zero attached hydrogens (tertiary/aromatic N) is 2. The summed E-state index contributed by atoms with van der Waals surface area (Å²) >= 11 is 7.70. The Balaban J connectivity index is 1.42. The fourth-order valence-corrected chi connectivity index (χ4v) is 4.57. The lowest BCUT2D eigenvalue weighted by molar-refractivity contribution is 0.0507. The summed E-state index contributed by atoms with van der Waals surface area (Å²) in [4.78, 5) is 20.5. The minimum Gasteiger partial charge on any atom is -0.376 e. The van der Waals surface area contributed by atoms with Gasteiger partial charge in [-0.05, 0) is 66.4 Å². The Bertz CT molecular complexity index is 975. The van der Waals surface area contributed by atoms with Crippen LogP contribution < -0.4 is 0 Å². The van der Waals surface area contributed by atoms with Crippen LogP contribution in [0, 0.1) is 0 Å². The summed E-state index contributed by atoms with van der Waals surface area (Å²) < 4.78 is 5.79. The van der Waals surface area contributed by atoms with Gasteiger partial charge < -0.3 is 9.64 Å². The minimum absolute atomic E-state index is 0.0243. The lowest BCUT2D eigenvalue weighted by Crippen LogP contribution is -2.37. The van der Waals surface area contributed by atoms with Gasteiger partial charge in [0.15, 0.2) is 0 Å². The summed E-state index contributed by atoms with van der Waals surface area (Å²) in [5.74, 6) is 0.863. The van der Waals surface area contributed by atoms with Crippen molar-refractivity contribution in [2.45, 2.75) is 36.1 Å². The SMILES string of the molecule is O=C(c1ccc(CSc2ccc(Cl)cc2)cc1)N(Cc1cccnc1)CC1CCCO1. The van der Waals surface area contributed by atoms with E-state index in [4.69, 9.17) is 16.3 Å². The van der Waals surface area contributed by atoms with Crippen molar-refractivity contribution in [1.29, 1.82) is 0 Å². The van der Waals surface area contributed by atoms with Crippen LogP contribution in [0.1, 0.15) is 34.3 Å². The number of aromatic nitrogens is 1. The molecular weight excluding hydrogens is 428 g/mol. The summed E-state index contributed by atoms with van der Waals surface area (Å²) in [6.45, 7) is 1.90. The number of hydrogen-bond acceptors (Lipinski definition) is 4. The van der Waals surface area contributed by atoms with Crippen molar-refractivity contribution in [1.82, 2.24) is 9.88 Å². The number of halogens is 1. The van der Waals surface area contributed by atoms with E-state index >= 15 is 0 Å². The number of rotatable bonds is 8. The van der Waals surface area contributed by atoms with Gasteiger partial charge in [-0.2, -0.15) is 0 Å². The monoisotopic (exact) mass is 452 g/mol. The molecule has 1 aliphatic rings. The Kier molecular flexibility index (Phi) is 7.62. The molecule has 160 valence electrons. The molecule has 1 atom stereocenters. The maximum absolute atomic E-state index is 13.3. The molecule has 1 aromatic heterocycles. The molecule has 1 unspecified atom stereocenters. The summed E-state index contributed by atoms with van der Waals surface area (Å²) in [6.07, 6.45) is 5.72. The van der Waals surface area contributed by atoms with Crippen molar-refractivity contribution in [3.8, 4) is 0 Å². The highest BCUT2D eigenvalue weighted by atomic mass is 35.5. The van der Waals surface area contributed by atoms with Gasteiger partial charge in [0.25, 0.3) is 5.91 Å². The Morgan fingerprint density at radius 1 is 1.10 bits per heavy atom. The third kappa shape index (κ3) is 6.33. The number of carbonyl (C=O) groups is 1. The number of thioether (sulfide) groups is 1. The first-order chi connectivity index (χ1) is 15.2. The first-order valence-electron chi connectivity index (χ1n) is 10.4. The highest BCUT2D eigenvalue weighted by Crippen LogP contribution is 2.25. The van der Waals surface area contributed by atoms with Crippen molar-refractivity contribution in [3.05, 3.63) is 94.8 Å². The lowest BCUT2D eigenvalue weighted by atomic mass is 10.1. The number of amides is 1. The summed E-state index contributed by atoms with van der Waals surface area (Å²) in [6, 6.07) is 19.6. The van der Waals surface area contributed by atoms with Gasteiger partial charge in [-0.3, -0.25) is 9.78 Å². The van der Waals surface area contributed by atoms with E-state index in [1.807, 2.05) is 71.8 Å². The molecule has 1 amide bonds. The molecule has 0 saturated carbocycles. The zero-order chi connectivity index (χ0) is 21.5. The van der Waals surface area contributed by atoms with Gasteiger partial charge in [-0.25, -0.2) is 0 Å². The topological polar surface area (TPSA) is 42.4 Å². The molecule has 2 aromatic carbocycles. The molecule has 4 nitrogen and oxygen atoms in total. The number of pyridine rings is 1. The molecule has 1 aliphatic heterocycles. The second kappa shape index (κ2) is 10.8. The van der Waals surface area contributed by atoms with Crippen LogP contribution in [-0.2, 0) is 17.0 Å². The van der Waals surface area contributed by atoms with Crippen LogP contribution >= 0.6 is 23.4 Å². The average Bonchev–Trinajstić information content (AvgIpc) is 3.32. The molecule has 1 saturated heterocycles. The van der Waals surface area contributed by atoms with Crippen molar-refractivity contribution in [2.24, 2.45) is 0 Å². The smallest absolute Gasteiger partial charge is 0.254 e. The van der Waals surface area contributed by atoms with Crippen LogP contribution in [0.25, 0.3) is 0 Å². The van der Waals surface area contributed by atoms with Gasteiger partial charge in [0.2, 0.25) is 0 Å². The van der Waals surface area contributed by atoms with Gasteiger partial charge in [0, 0.05) is 53.3 Å². The quantitative estimate of drug-likeness (QED) is 0.402. The Morgan fingerprint density at radius 3 is 2.58 bits per heavy atom. The van der Waals surface area contributed by atoms with Crippen LogP contribution in [0.15, 0.2) is 78.0 Å². The van der Waals surface area contributed by atoms with E-state index in [2.05, 4.69) is 4.98 Å². The number of hydrogen-bond donors (Lipinski definition) is 0. The second-order valence-corrected chi connectivity index (χ2v) is 9.11. The zero-order valence-electron chi connectivity index (χ0n) is 17.2. The van der Waals surface area contributed by atoms with E-state index in [1.54, 1.807) is 18.0 Å². The van der Waals surface area contributed by atoms with Gasteiger partial charge in [-0.15, -0.1) is 11.8 Å². The van der Waals surface area contributed by atoms with E-state index in [0.717, 1.165) is 35.8 Å². The van der Waals surface area contributed by atoms with Crippen molar-refractivity contribution in [2.75, 3.05) is 13.2 Å². The number of carbonyl (C=O) groups excluding carboxylic acids is 1. The molecule has 1 fully saturated rings. The molecule has 6 heteroatoms. The second-order valence-electron chi connectivity index (χ2n) is 7.62. The first-order valence-corrected chi connectivity index (χ1v) is 11.8. The van der Waals surface area contributed by atoms with Gasteiger partial charge in [0.1, 0.15) is 0 Å². The number of ether oxygens (including phenoxy) is 1. The molecule has 0 aliphatic carbocycles. The van der Waals surface area contributed by atoms with Crippen molar-refractivity contribution >= 4 is 29.3 Å². The lowest BCUT2D eigenvalue weighted by Gasteiger charge is -2.25. The first kappa shape index (κ1) is 21.9. The molecule has 4 rings (SSSR count). The van der Waals surface area contributed by atoms with Gasteiger partial charge in [-0.1, -0.05) is 29.8 Å². The molecule has 0 bridgehead atoms. The van der Waals surface area contributed by atoms with E-state index in [0.29, 0.717) is 18.7 Å². The molecule has 0 N–H and O–H groups in total. The maximum Gasteiger partial charge on any atom is 0.254 e. The third-order valence-electron chi connectivity index (χ3n) is 5.25. The Hall–Kier alpha value is -2.34. The third-order valence-corrected chi connectivity index (χ3v) is 6.59. The van der Waals surface area contributed by atoms with Crippen LogP contribution in [0.2, 0.25) is 5.02 Å². The summed E-state index contributed by atoms with van der Waals surface area (Å²) in [5, 5.41) is 0.742. The molecule has 3 aromatic rings. The molecule has 0 radical (unpaired) electrons. The number of benzene rings is 2. The Labute approximate surface area is 192 Å². The van der Waals surface area contributed by atoms with Crippen molar-refractivity contribution < 1.29 is 9.53 Å². The molecule has 0 spiro atoms. The predicted octanol–water partition coefficient (Wildman–Crippen LogP) is 5.85. The van der Waals surface area contributed by atoms with E-state index in [-0.39, 0.29) is 12.0 Å². The standard InChI is InChI=1S/C25H25ClN2O2S/c26-22-9-11-24(12-10-22)31-18-19-5-7-21(8-6-19)25(29)28(17-23-4-2-14-30-23)16-20-3-1-13-27-15-20/h1,3,5-13,15,23H,2,4,14,16-18H2. The zero-order valence-corrected chi connectivity index (χ0v) is 18.8. The normalized spacial score (nSPS) is 15.7. The van der Waals surface area contributed by atoms with Gasteiger partial charge in [0.05, 0.1) is 6.10 Å². The van der Waals surface area contributed by atoms with Gasteiger partial charge >= 0.3 is 0 Å². The largest absolute Gasteiger partial charge is 0.376 e. The van der Waals surface area contributed by atoms with Crippen molar-refractivity contribution in [3.63, 3.8) is 0 Å². The van der Waals surface area contributed by atoms with Crippen LogP contribution in [0.3, 0.4) is 0 Å². The summed E-state index contributed by atoms with van der Waals surface area (Å²) in [7, 11) is 0. The molecule has 31 heavy (non-hydrogen) atoms.